The molecule has 0 fully saturated rings. The van der Waals surface area contributed by atoms with Gasteiger partial charge in [-0.2, -0.15) is 0 Å². The van der Waals surface area contributed by atoms with Crippen LogP contribution in [0.2, 0.25) is 0 Å². The number of hydrogen-bond donors (Lipinski definition) is 2. The first-order valence-corrected chi connectivity index (χ1v) is 1.82. The third kappa shape index (κ3) is 8.83. The van der Waals surface area contributed by atoms with Gasteiger partial charge in [0.25, 0.3) is 0 Å². The molecule has 4 N–H and O–H groups in total. The van der Waals surface area contributed by atoms with E-state index in [1.807, 2.05) is 0 Å². The van der Waals surface area contributed by atoms with Crippen molar-refractivity contribution in [1.29, 1.82) is 0 Å². The molecule has 0 amide bonds. The molecule has 6 heavy (non-hydrogen) atoms. The number of nitrogens with two attached hydrogens (primary N) is 2. The van der Waals surface area contributed by atoms with Crippen molar-refractivity contribution in [3.63, 3.8) is 0 Å². The summed E-state index contributed by atoms with van der Waals surface area (Å²) < 4.78 is 0. The van der Waals surface area contributed by atoms with E-state index in [9.17, 15) is 0 Å². The molecule has 38 valence electrons. The third-order valence-electron chi connectivity index (χ3n) is 0.408. The van der Waals surface area contributed by atoms with Crippen molar-refractivity contribution in [3.8, 4) is 0 Å². The molecular weight excluding hydrogens is 123 g/mol. The minimum absolute atomic E-state index is 0. The van der Waals surface area contributed by atoms with Crippen molar-refractivity contribution in [1.82, 2.24) is 0 Å². The molecule has 0 heterocycles. The van der Waals surface area contributed by atoms with Crippen molar-refractivity contribution < 1.29 is 16.8 Å². The van der Waals surface area contributed by atoms with Gasteiger partial charge in [0.05, 0.1) is 0 Å². The van der Waals surface area contributed by atoms with Gasteiger partial charge in [-0.3, -0.25) is 0 Å². The van der Waals surface area contributed by atoms with Crippen molar-refractivity contribution in [3.05, 3.63) is 0 Å². The van der Waals surface area contributed by atoms with E-state index < -0.39 is 0 Å². The summed E-state index contributed by atoms with van der Waals surface area (Å²) in [6.07, 6.45) is 0.944. The normalized spacial score (nSPS) is 7.00. The van der Waals surface area contributed by atoms with Gasteiger partial charge in [0.15, 0.2) is 0 Å². The zero-order chi connectivity index (χ0) is 4.12. The Bertz CT molecular complexity index is 16.3. The van der Waals surface area contributed by atoms with Crippen LogP contribution in [0.1, 0.15) is 6.42 Å². The second-order valence-electron chi connectivity index (χ2n) is 0.931. The first kappa shape index (κ1) is 9.66. The van der Waals surface area contributed by atoms with Crippen molar-refractivity contribution in [2.45, 2.75) is 6.42 Å². The standard InChI is InChI=1S/C3H10N2.Co/c4-2-1-3-5;/h1-5H2;/q;+3. The Labute approximate surface area is 48.5 Å². The van der Waals surface area contributed by atoms with E-state index in [2.05, 4.69) is 0 Å². The molecule has 0 bridgehead atoms. The molecule has 0 saturated carbocycles. The first-order chi connectivity index (χ1) is 2.41. The van der Waals surface area contributed by atoms with E-state index in [0.717, 1.165) is 19.5 Å². The van der Waals surface area contributed by atoms with Gasteiger partial charge in [-0.15, -0.1) is 0 Å². The molecule has 0 aromatic carbocycles. The van der Waals surface area contributed by atoms with Gasteiger partial charge in [0, 0.05) is 0 Å². The van der Waals surface area contributed by atoms with Crippen LogP contribution in [0, 0.1) is 0 Å². The van der Waals surface area contributed by atoms with Crippen LogP contribution in [-0.4, -0.2) is 13.1 Å². The van der Waals surface area contributed by atoms with Crippen LogP contribution < -0.4 is 11.5 Å². The molecule has 0 rings (SSSR count). The summed E-state index contributed by atoms with van der Waals surface area (Å²) >= 11 is 0. The molecule has 0 atom stereocenters. The van der Waals surface area contributed by atoms with Crippen molar-refractivity contribution in [2.75, 3.05) is 13.1 Å². The van der Waals surface area contributed by atoms with E-state index in [1.54, 1.807) is 0 Å². The van der Waals surface area contributed by atoms with Gasteiger partial charge in [-0.1, -0.05) is 0 Å². The molecule has 0 aliphatic heterocycles. The maximum atomic E-state index is 5.06. The average molecular weight is 133 g/mol. The third-order valence-corrected chi connectivity index (χ3v) is 0.408. The van der Waals surface area contributed by atoms with Crippen LogP contribution in [0.4, 0.5) is 0 Å². The van der Waals surface area contributed by atoms with Crippen molar-refractivity contribution in [2.24, 2.45) is 11.5 Å². The Balaban J connectivity index is 0. The molecule has 0 saturated heterocycles. The smallest absolute Gasteiger partial charge is 0.330 e. The van der Waals surface area contributed by atoms with Gasteiger partial charge in [-0.05, 0) is 19.5 Å². The van der Waals surface area contributed by atoms with E-state index in [4.69, 9.17) is 11.5 Å². The van der Waals surface area contributed by atoms with Gasteiger partial charge in [0.1, 0.15) is 0 Å². The van der Waals surface area contributed by atoms with Crippen LogP contribution in [0.25, 0.3) is 0 Å². The monoisotopic (exact) mass is 133 g/mol. The van der Waals surface area contributed by atoms with E-state index in [-0.39, 0.29) is 16.8 Å². The second-order valence-corrected chi connectivity index (χ2v) is 0.931. The van der Waals surface area contributed by atoms with Gasteiger partial charge in [-0.25, -0.2) is 0 Å². The summed E-state index contributed by atoms with van der Waals surface area (Å²) in [5, 5.41) is 0. The maximum absolute atomic E-state index is 5.06. The quantitative estimate of drug-likeness (QED) is 0.522. The molecule has 2 nitrogen and oxygen atoms in total. The predicted molar refractivity (Wildman–Crippen MR) is 22.7 cm³/mol. The van der Waals surface area contributed by atoms with Crippen LogP contribution in [0.15, 0.2) is 0 Å². The Morgan fingerprint density at radius 1 is 1.00 bits per heavy atom. The Morgan fingerprint density at radius 3 is 1.33 bits per heavy atom. The maximum Gasteiger partial charge on any atom is 3.00 e. The fraction of sp³-hybridized carbons (Fsp3) is 1.00. The molecule has 0 aliphatic rings. The Morgan fingerprint density at radius 2 is 1.33 bits per heavy atom. The summed E-state index contributed by atoms with van der Waals surface area (Å²) in [5.74, 6) is 0. The molecule has 0 radical (unpaired) electrons. The zero-order valence-electron chi connectivity index (χ0n) is 3.61. The molecule has 3 heteroatoms. The Hall–Kier alpha value is 0.426. The van der Waals surface area contributed by atoms with Crippen LogP contribution >= 0.6 is 0 Å². The summed E-state index contributed by atoms with van der Waals surface area (Å²) in [5.41, 5.74) is 10.1. The summed E-state index contributed by atoms with van der Waals surface area (Å²) in [6.45, 7) is 1.44. The van der Waals surface area contributed by atoms with E-state index in [0.29, 0.717) is 0 Å². The fourth-order valence-corrected chi connectivity index (χ4v) is 0.118. The predicted octanol–water partition coefficient (Wildman–Crippen LogP) is -0.709. The zero-order valence-corrected chi connectivity index (χ0v) is 4.65. The summed E-state index contributed by atoms with van der Waals surface area (Å²) in [6, 6.07) is 0. The van der Waals surface area contributed by atoms with E-state index >= 15 is 0 Å². The minimum Gasteiger partial charge on any atom is -0.330 e. The van der Waals surface area contributed by atoms with E-state index in [1.165, 1.54) is 0 Å². The van der Waals surface area contributed by atoms with Gasteiger partial charge in [0.2, 0.25) is 0 Å². The molecule has 0 unspecified atom stereocenters. The van der Waals surface area contributed by atoms with Crippen LogP contribution in [-0.2, 0) is 16.8 Å². The first-order valence-electron chi connectivity index (χ1n) is 1.82. The number of rotatable bonds is 2. The second kappa shape index (κ2) is 9.06. The summed E-state index contributed by atoms with van der Waals surface area (Å²) in [7, 11) is 0. The van der Waals surface area contributed by atoms with Gasteiger partial charge < -0.3 is 11.5 Å². The topological polar surface area (TPSA) is 52.0 Å². The molecule has 0 aliphatic carbocycles. The van der Waals surface area contributed by atoms with Crippen LogP contribution in [0.3, 0.4) is 0 Å². The van der Waals surface area contributed by atoms with Gasteiger partial charge >= 0.3 is 16.8 Å². The molecule has 0 aromatic rings. The number of hydrogen-bond acceptors (Lipinski definition) is 2. The minimum atomic E-state index is 0. The SMILES string of the molecule is NCCCN.[Co+3]. The molecule has 0 aromatic heterocycles. The van der Waals surface area contributed by atoms with Crippen molar-refractivity contribution >= 4 is 0 Å². The Kier molecular flexibility index (Phi) is 14.6. The summed E-state index contributed by atoms with van der Waals surface area (Å²) in [4.78, 5) is 0. The largest absolute Gasteiger partial charge is 3.00 e. The average Bonchev–Trinajstić information content (AvgIpc) is 1.41. The fourth-order valence-electron chi connectivity index (χ4n) is 0.118. The molecular formula is C3H10CoN2+3. The molecule has 0 spiro atoms. The van der Waals surface area contributed by atoms with Crippen LogP contribution in [0.5, 0.6) is 0 Å².